The Morgan fingerprint density at radius 2 is 1.59 bits per heavy atom. The lowest BCUT2D eigenvalue weighted by molar-refractivity contribution is -0.143. The summed E-state index contributed by atoms with van der Waals surface area (Å²) in [4.78, 5) is 27.6. The van der Waals surface area contributed by atoms with Gasteiger partial charge in [-0.25, -0.2) is 4.90 Å². The number of ether oxygens (including phenoxy) is 1. The minimum atomic E-state index is -5.15. The molecule has 0 bridgehead atoms. The van der Waals surface area contributed by atoms with E-state index in [1.807, 2.05) is 13.0 Å². The molecule has 0 radical (unpaired) electrons. The van der Waals surface area contributed by atoms with E-state index >= 15 is 0 Å². The number of alkyl halides is 6. The van der Waals surface area contributed by atoms with Gasteiger partial charge in [0.25, 0.3) is 0 Å². The summed E-state index contributed by atoms with van der Waals surface area (Å²) in [6, 6.07) is 7.46. The van der Waals surface area contributed by atoms with Crippen molar-refractivity contribution in [3.8, 4) is 5.75 Å². The number of halogens is 6. The number of hydrogen-bond donors (Lipinski definition) is 2. The lowest BCUT2D eigenvalue weighted by Gasteiger charge is -2.31. The van der Waals surface area contributed by atoms with Crippen LogP contribution in [-0.2, 0) is 26.7 Å². The number of phenols is 1. The maximum Gasteiger partial charge on any atom is 0.416 e. The molecule has 2 N–H and O–H groups in total. The second kappa shape index (κ2) is 12.0. The molecule has 2 amide bonds. The van der Waals surface area contributed by atoms with Crippen LogP contribution in [0.15, 0.2) is 59.2 Å². The number of hydrogen-bond acceptors (Lipinski definition) is 5. The predicted molar refractivity (Wildman–Crippen MR) is 148 cm³/mol. The normalized spacial score (nSPS) is 24.3. The number of amides is 2. The molecule has 2 heterocycles. The molecule has 44 heavy (non-hydrogen) atoms. The lowest BCUT2D eigenvalue weighted by Crippen LogP contribution is -2.35. The van der Waals surface area contributed by atoms with Crippen LogP contribution in [0, 0.1) is 17.8 Å². The predicted octanol–water partition coefficient (Wildman–Crippen LogP) is 6.91. The Kier molecular flexibility index (Phi) is 8.69. The zero-order chi connectivity index (χ0) is 32.0. The van der Waals surface area contributed by atoms with Gasteiger partial charge in [0.2, 0.25) is 11.8 Å². The van der Waals surface area contributed by atoms with Gasteiger partial charge in [-0.05, 0) is 72.7 Å². The maximum absolute atomic E-state index is 13.7. The van der Waals surface area contributed by atoms with Gasteiger partial charge in [0.1, 0.15) is 5.75 Å². The first-order valence-corrected chi connectivity index (χ1v) is 14.3. The quantitative estimate of drug-likeness (QED) is 0.190. The Labute approximate surface area is 249 Å². The molecule has 1 aliphatic carbocycles. The molecular formula is C32H31F6NO5. The highest BCUT2D eigenvalue weighted by molar-refractivity contribution is 6.22. The summed E-state index contributed by atoms with van der Waals surface area (Å²) < 4.78 is 87.2. The molecule has 0 aromatic heterocycles. The molecule has 2 aromatic rings. The van der Waals surface area contributed by atoms with E-state index in [1.54, 1.807) is 24.3 Å². The van der Waals surface area contributed by atoms with Crippen LogP contribution in [0.5, 0.6) is 5.75 Å². The van der Waals surface area contributed by atoms with Crippen LogP contribution in [-0.4, -0.2) is 41.3 Å². The number of rotatable bonds is 8. The van der Waals surface area contributed by atoms with E-state index in [1.165, 1.54) is 0 Å². The summed E-state index contributed by atoms with van der Waals surface area (Å²) in [5.74, 6) is -4.36. The number of aliphatic hydroxyl groups is 1. The number of benzene rings is 2. The van der Waals surface area contributed by atoms with Gasteiger partial charge in [-0.15, -0.1) is 0 Å². The first-order chi connectivity index (χ1) is 20.7. The highest BCUT2D eigenvalue weighted by Crippen LogP contribution is 2.51. The number of aliphatic hydroxyl groups excluding tert-OH is 1. The lowest BCUT2D eigenvalue weighted by atomic mass is 9.69. The first kappa shape index (κ1) is 31.8. The molecule has 0 spiro atoms. The Hall–Kier alpha value is -3.64. The van der Waals surface area contributed by atoms with Crippen molar-refractivity contribution < 1.29 is 50.9 Å². The molecule has 3 aliphatic rings. The topological polar surface area (TPSA) is 87.1 Å². The average molecular weight is 624 g/mol. The Morgan fingerprint density at radius 1 is 0.955 bits per heavy atom. The fourth-order valence-electron chi connectivity index (χ4n) is 6.65. The third-order valence-electron chi connectivity index (χ3n) is 8.59. The Balaban J connectivity index is 1.42. The number of aromatic hydroxyl groups is 1. The second-order valence-electron chi connectivity index (χ2n) is 11.4. The van der Waals surface area contributed by atoms with Crippen LogP contribution in [0.1, 0.15) is 55.7 Å². The number of phenolic OH excluding ortho intramolecular Hbond substituents is 1. The second-order valence-corrected chi connectivity index (χ2v) is 11.4. The van der Waals surface area contributed by atoms with Crippen LogP contribution in [0.3, 0.4) is 0 Å². The minimum Gasteiger partial charge on any atom is -0.508 e. The number of nitrogens with zero attached hydrogens (tertiary/aromatic N) is 1. The van der Waals surface area contributed by atoms with Gasteiger partial charge < -0.3 is 14.9 Å². The van der Waals surface area contributed by atoms with E-state index in [0.29, 0.717) is 41.0 Å². The van der Waals surface area contributed by atoms with Gasteiger partial charge in [0.05, 0.1) is 48.0 Å². The maximum atomic E-state index is 13.7. The smallest absolute Gasteiger partial charge is 0.416 e. The van der Waals surface area contributed by atoms with E-state index in [4.69, 9.17) is 4.74 Å². The molecule has 0 saturated carbocycles. The third kappa shape index (κ3) is 6.14. The standard InChI is InChI=1S/C32H31F6NO5/c1-2-3-17(10-18-4-7-23(41)8-5-18)6-9-26-27-19(15-40)11-24-28(25(27)16-44-26)30(43)39(29(24)42)22-13-20(31(33,34)35)12-21(14-22)32(36,37)38/h4-5,7-8,10,12-14,24-26,28,40-41H,2-3,6,9,11,15-16H2,1H3/b17-10+/t24-,25+,26-,28-/m1/s1. The van der Waals surface area contributed by atoms with E-state index < -0.39 is 71.4 Å². The van der Waals surface area contributed by atoms with Crippen molar-refractivity contribution in [2.75, 3.05) is 18.1 Å². The summed E-state index contributed by atoms with van der Waals surface area (Å²) in [7, 11) is 0. The van der Waals surface area contributed by atoms with Gasteiger partial charge in [0, 0.05) is 5.92 Å². The van der Waals surface area contributed by atoms with Gasteiger partial charge in [0.15, 0.2) is 0 Å². The van der Waals surface area contributed by atoms with Crippen molar-refractivity contribution in [2.24, 2.45) is 17.8 Å². The van der Waals surface area contributed by atoms with Crippen molar-refractivity contribution in [3.05, 3.63) is 75.9 Å². The minimum absolute atomic E-state index is 0.0265. The van der Waals surface area contributed by atoms with Crippen LogP contribution < -0.4 is 4.90 Å². The summed E-state index contributed by atoms with van der Waals surface area (Å²) >= 11 is 0. The Bertz CT molecular complexity index is 1460. The van der Waals surface area contributed by atoms with Gasteiger partial charge in [-0.1, -0.05) is 37.1 Å². The van der Waals surface area contributed by atoms with E-state index in [0.717, 1.165) is 24.0 Å². The number of fused-ring (bicyclic) bond motifs is 3. The molecule has 5 rings (SSSR count). The fourth-order valence-corrected chi connectivity index (χ4v) is 6.65. The van der Waals surface area contributed by atoms with Crippen LogP contribution in [0.25, 0.3) is 6.08 Å². The van der Waals surface area contributed by atoms with Crippen molar-refractivity contribution in [3.63, 3.8) is 0 Å². The summed E-state index contributed by atoms with van der Waals surface area (Å²) in [5, 5.41) is 19.8. The van der Waals surface area contributed by atoms with Gasteiger partial charge in [-0.3, -0.25) is 9.59 Å². The third-order valence-corrected chi connectivity index (χ3v) is 8.59. The molecular weight excluding hydrogens is 592 g/mol. The number of carbonyl (C=O) groups is 2. The first-order valence-electron chi connectivity index (χ1n) is 14.3. The number of imide groups is 1. The molecule has 2 fully saturated rings. The summed E-state index contributed by atoms with van der Waals surface area (Å²) in [6.07, 6.45) is -6.00. The molecule has 2 aromatic carbocycles. The zero-order valence-corrected chi connectivity index (χ0v) is 23.7. The van der Waals surface area contributed by atoms with E-state index in [-0.39, 0.29) is 24.8 Å². The SMILES string of the molecule is CCC/C(=C\c1ccc(O)cc1)CC[C@H]1OC[C@H]2C1=C(CO)C[C@H]1C(=O)N(c3cc(C(F)(F)F)cc(C(F)(F)F)c3)C(=O)[C@H]12. The van der Waals surface area contributed by atoms with E-state index in [9.17, 15) is 46.1 Å². The molecule has 6 nitrogen and oxygen atoms in total. The van der Waals surface area contributed by atoms with Gasteiger partial charge >= 0.3 is 12.4 Å². The number of anilines is 1. The van der Waals surface area contributed by atoms with Crippen molar-refractivity contribution in [1.82, 2.24) is 0 Å². The Morgan fingerprint density at radius 3 is 2.16 bits per heavy atom. The van der Waals surface area contributed by atoms with Crippen LogP contribution in [0.4, 0.5) is 32.0 Å². The highest BCUT2D eigenvalue weighted by atomic mass is 19.4. The largest absolute Gasteiger partial charge is 0.508 e. The monoisotopic (exact) mass is 623 g/mol. The number of carbonyl (C=O) groups excluding carboxylic acids is 2. The van der Waals surface area contributed by atoms with Crippen molar-refractivity contribution in [2.45, 2.75) is 57.5 Å². The van der Waals surface area contributed by atoms with Crippen LogP contribution in [0.2, 0.25) is 0 Å². The van der Waals surface area contributed by atoms with E-state index in [2.05, 4.69) is 0 Å². The molecule has 2 aliphatic heterocycles. The highest BCUT2D eigenvalue weighted by Gasteiger charge is 2.57. The molecule has 12 heteroatoms. The van der Waals surface area contributed by atoms with Crippen LogP contribution >= 0.6 is 0 Å². The number of allylic oxidation sites excluding steroid dienone is 1. The molecule has 4 atom stereocenters. The fraction of sp³-hybridized carbons (Fsp3) is 0.438. The zero-order valence-electron chi connectivity index (χ0n) is 23.7. The van der Waals surface area contributed by atoms with Gasteiger partial charge in [-0.2, -0.15) is 26.3 Å². The summed E-state index contributed by atoms with van der Waals surface area (Å²) in [6.45, 7) is 1.64. The summed E-state index contributed by atoms with van der Waals surface area (Å²) in [5.41, 5.74) is -0.833. The molecule has 2 saturated heterocycles. The van der Waals surface area contributed by atoms with Crippen molar-refractivity contribution >= 4 is 23.6 Å². The average Bonchev–Trinajstić information content (AvgIpc) is 3.49. The van der Waals surface area contributed by atoms with Crippen molar-refractivity contribution in [1.29, 1.82) is 0 Å². The molecule has 236 valence electrons. The molecule has 0 unspecified atom stereocenters.